The Balaban J connectivity index is 2.41. The smallest absolute Gasteiger partial charge is 0.338 e. The van der Waals surface area contributed by atoms with Crippen molar-refractivity contribution in [3.8, 4) is 5.95 Å². The molecule has 0 atom stereocenters. The highest BCUT2D eigenvalue weighted by Crippen LogP contribution is 2.03. The number of carboxylic acid groups (broad SMARTS) is 1. The van der Waals surface area contributed by atoms with Crippen LogP contribution in [-0.4, -0.2) is 30.8 Å². The molecule has 0 spiro atoms. The standard InChI is InChI=1S/C9H8N4O2/c1-6-2-3-10-9(12-6)13-5-7(4-11-13)8(14)15/h2-5H,1H3,(H,14,15). The van der Waals surface area contributed by atoms with Crippen molar-refractivity contribution in [3.63, 3.8) is 0 Å². The first-order valence-electron chi connectivity index (χ1n) is 4.25. The van der Waals surface area contributed by atoms with Crippen molar-refractivity contribution in [2.24, 2.45) is 0 Å². The van der Waals surface area contributed by atoms with E-state index in [1.807, 2.05) is 6.92 Å². The van der Waals surface area contributed by atoms with E-state index in [2.05, 4.69) is 15.1 Å². The summed E-state index contributed by atoms with van der Waals surface area (Å²) in [5.74, 6) is -0.656. The zero-order valence-corrected chi connectivity index (χ0v) is 7.95. The van der Waals surface area contributed by atoms with Crippen LogP contribution < -0.4 is 0 Å². The molecule has 1 N–H and O–H groups in total. The molecule has 0 aromatic carbocycles. The molecule has 0 saturated carbocycles. The van der Waals surface area contributed by atoms with Crippen molar-refractivity contribution in [1.82, 2.24) is 19.7 Å². The van der Waals surface area contributed by atoms with Crippen molar-refractivity contribution in [2.75, 3.05) is 0 Å². The van der Waals surface area contributed by atoms with Gasteiger partial charge in [0.2, 0.25) is 0 Å². The van der Waals surface area contributed by atoms with E-state index in [0.29, 0.717) is 5.95 Å². The first kappa shape index (κ1) is 9.32. The molecule has 76 valence electrons. The lowest BCUT2D eigenvalue weighted by Gasteiger charge is -1.98. The van der Waals surface area contributed by atoms with E-state index >= 15 is 0 Å². The molecule has 0 aliphatic heterocycles. The lowest BCUT2D eigenvalue weighted by atomic mass is 10.4. The van der Waals surface area contributed by atoms with Gasteiger partial charge in [-0.25, -0.2) is 19.4 Å². The number of carboxylic acids is 1. The van der Waals surface area contributed by atoms with Crippen molar-refractivity contribution in [3.05, 3.63) is 35.9 Å². The van der Waals surface area contributed by atoms with Crippen LogP contribution in [0.15, 0.2) is 24.7 Å². The number of aromatic carboxylic acids is 1. The van der Waals surface area contributed by atoms with Gasteiger partial charge >= 0.3 is 5.97 Å². The molecule has 0 radical (unpaired) electrons. The summed E-state index contributed by atoms with van der Waals surface area (Å²) in [6.07, 6.45) is 4.23. The zero-order chi connectivity index (χ0) is 10.8. The molecule has 2 rings (SSSR count). The van der Waals surface area contributed by atoms with Crippen molar-refractivity contribution in [1.29, 1.82) is 0 Å². The summed E-state index contributed by atoms with van der Waals surface area (Å²) in [6, 6.07) is 1.76. The van der Waals surface area contributed by atoms with Crippen LogP contribution in [0.2, 0.25) is 0 Å². The Morgan fingerprint density at radius 2 is 2.33 bits per heavy atom. The lowest BCUT2D eigenvalue weighted by Crippen LogP contribution is -2.02. The molecule has 2 heterocycles. The minimum absolute atomic E-state index is 0.111. The third-order valence-electron chi connectivity index (χ3n) is 1.82. The molecule has 15 heavy (non-hydrogen) atoms. The van der Waals surface area contributed by atoms with Gasteiger partial charge in [-0.1, -0.05) is 0 Å². The largest absolute Gasteiger partial charge is 0.478 e. The number of aryl methyl sites for hydroxylation is 1. The molecular formula is C9H8N4O2. The van der Waals surface area contributed by atoms with Gasteiger partial charge in [0.05, 0.1) is 11.8 Å². The Bertz CT molecular complexity index is 506. The van der Waals surface area contributed by atoms with Gasteiger partial charge in [0.15, 0.2) is 0 Å². The predicted octanol–water partition coefficient (Wildman–Crippen LogP) is 0.669. The molecule has 0 unspecified atom stereocenters. The first-order valence-corrected chi connectivity index (χ1v) is 4.25. The molecule has 0 fully saturated rings. The average molecular weight is 204 g/mol. The van der Waals surface area contributed by atoms with E-state index in [1.165, 1.54) is 17.1 Å². The van der Waals surface area contributed by atoms with E-state index in [0.717, 1.165) is 5.69 Å². The van der Waals surface area contributed by atoms with Gasteiger partial charge in [-0.3, -0.25) is 0 Å². The van der Waals surface area contributed by atoms with Crippen LogP contribution in [0.5, 0.6) is 0 Å². The number of carbonyl (C=O) groups is 1. The maximum absolute atomic E-state index is 10.6. The monoisotopic (exact) mass is 204 g/mol. The summed E-state index contributed by atoms with van der Waals surface area (Å²) in [5, 5.41) is 12.6. The van der Waals surface area contributed by atoms with Gasteiger partial charge in [0.25, 0.3) is 5.95 Å². The van der Waals surface area contributed by atoms with Crippen LogP contribution >= 0.6 is 0 Å². The fourth-order valence-electron chi connectivity index (χ4n) is 1.09. The number of aromatic nitrogens is 4. The maximum Gasteiger partial charge on any atom is 0.338 e. The molecular weight excluding hydrogens is 196 g/mol. The molecule has 6 nitrogen and oxygen atoms in total. The van der Waals surface area contributed by atoms with Crippen LogP contribution in [0, 0.1) is 6.92 Å². The molecule has 0 bridgehead atoms. The minimum Gasteiger partial charge on any atom is -0.478 e. The summed E-state index contributed by atoms with van der Waals surface area (Å²) < 4.78 is 1.33. The van der Waals surface area contributed by atoms with Crippen molar-refractivity contribution in [2.45, 2.75) is 6.92 Å². The molecule has 0 aliphatic carbocycles. The zero-order valence-electron chi connectivity index (χ0n) is 7.95. The third kappa shape index (κ3) is 1.83. The Kier molecular flexibility index (Phi) is 2.17. The fraction of sp³-hybridized carbons (Fsp3) is 0.111. The first-order chi connectivity index (χ1) is 7.16. The molecule has 0 amide bonds. The quantitative estimate of drug-likeness (QED) is 0.777. The van der Waals surface area contributed by atoms with Gasteiger partial charge in [0.1, 0.15) is 0 Å². The maximum atomic E-state index is 10.6. The van der Waals surface area contributed by atoms with Crippen LogP contribution in [0.4, 0.5) is 0 Å². The second-order valence-corrected chi connectivity index (χ2v) is 2.98. The van der Waals surface area contributed by atoms with Gasteiger partial charge in [-0.05, 0) is 13.0 Å². The Hall–Kier alpha value is -2.24. The highest BCUT2D eigenvalue weighted by Gasteiger charge is 2.08. The lowest BCUT2D eigenvalue weighted by molar-refractivity contribution is 0.0697. The van der Waals surface area contributed by atoms with E-state index in [1.54, 1.807) is 12.3 Å². The number of hydrogen-bond acceptors (Lipinski definition) is 4. The average Bonchev–Trinajstić information content (AvgIpc) is 2.66. The summed E-state index contributed by atoms with van der Waals surface area (Å²) in [5.41, 5.74) is 0.910. The van der Waals surface area contributed by atoms with Crippen LogP contribution in [0.3, 0.4) is 0 Å². The van der Waals surface area contributed by atoms with E-state index < -0.39 is 5.97 Å². The van der Waals surface area contributed by atoms with Crippen LogP contribution in [0.1, 0.15) is 16.1 Å². The molecule has 2 aromatic rings. The normalized spacial score (nSPS) is 10.2. The van der Waals surface area contributed by atoms with E-state index in [9.17, 15) is 4.79 Å². The topological polar surface area (TPSA) is 80.9 Å². The fourth-order valence-corrected chi connectivity index (χ4v) is 1.09. The second kappa shape index (κ2) is 3.49. The Morgan fingerprint density at radius 1 is 1.53 bits per heavy atom. The summed E-state index contributed by atoms with van der Waals surface area (Å²) in [6.45, 7) is 1.83. The molecule has 0 aliphatic rings. The predicted molar refractivity (Wildman–Crippen MR) is 50.9 cm³/mol. The summed E-state index contributed by atoms with van der Waals surface area (Å²) >= 11 is 0. The van der Waals surface area contributed by atoms with Gasteiger partial charge in [0, 0.05) is 18.1 Å². The highest BCUT2D eigenvalue weighted by molar-refractivity contribution is 5.86. The molecule has 0 saturated heterocycles. The van der Waals surface area contributed by atoms with Gasteiger partial charge < -0.3 is 5.11 Å². The minimum atomic E-state index is -1.02. The van der Waals surface area contributed by atoms with E-state index in [-0.39, 0.29) is 5.56 Å². The number of nitrogens with zero attached hydrogens (tertiary/aromatic N) is 4. The van der Waals surface area contributed by atoms with Gasteiger partial charge in [-0.2, -0.15) is 5.10 Å². The molecule has 6 heteroatoms. The van der Waals surface area contributed by atoms with Crippen molar-refractivity contribution < 1.29 is 9.90 Å². The summed E-state index contributed by atoms with van der Waals surface area (Å²) in [7, 11) is 0. The second-order valence-electron chi connectivity index (χ2n) is 2.98. The van der Waals surface area contributed by atoms with Crippen LogP contribution in [-0.2, 0) is 0 Å². The highest BCUT2D eigenvalue weighted by atomic mass is 16.4. The Morgan fingerprint density at radius 3 is 2.93 bits per heavy atom. The van der Waals surface area contributed by atoms with Crippen molar-refractivity contribution >= 4 is 5.97 Å². The SMILES string of the molecule is Cc1ccnc(-n2cc(C(=O)O)cn2)n1. The number of hydrogen-bond donors (Lipinski definition) is 1. The molecule has 2 aromatic heterocycles. The van der Waals surface area contributed by atoms with E-state index in [4.69, 9.17) is 5.11 Å². The Labute approximate surface area is 85.2 Å². The van der Waals surface area contributed by atoms with Gasteiger partial charge in [-0.15, -0.1) is 0 Å². The number of rotatable bonds is 2. The summed E-state index contributed by atoms with van der Waals surface area (Å²) in [4.78, 5) is 18.7. The van der Waals surface area contributed by atoms with Crippen LogP contribution in [0.25, 0.3) is 5.95 Å². The third-order valence-corrected chi connectivity index (χ3v) is 1.82.